The average molecular weight is 430 g/mol. The highest BCUT2D eigenvalue weighted by Crippen LogP contribution is 2.30. The van der Waals surface area contributed by atoms with Crippen LogP contribution >= 0.6 is 0 Å². The van der Waals surface area contributed by atoms with Crippen molar-refractivity contribution in [3.8, 4) is 17.2 Å². The molecule has 1 aromatic heterocycles. The molecule has 10 heteroatoms. The number of amides is 1. The second kappa shape index (κ2) is 8.56. The fraction of sp³-hybridized carbons (Fsp3) is 0.200. The van der Waals surface area contributed by atoms with Gasteiger partial charge in [-0.2, -0.15) is 5.10 Å². The highest BCUT2D eigenvalue weighted by Gasteiger charge is 2.23. The number of anilines is 1. The molecule has 1 N–H and O–H groups in total. The van der Waals surface area contributed by atoms with Gasteiger partial charge in [-0.1, -0.05) is 18.2 Å². The number of carbonyl (C=O) groups is 1. The molecule has 0 fully saturated rings. The standard InChI is InChI=1S/C20H22N4O5S/c1-23(2)30(26,27)15-10-11-17(28-3)16(12-15)21-20(25)19-18(29-4)13-24(22-19)14-8-6-5-7-9-14/h5-13H,1-4H3,(H,21,25). The van der Waals surface area contributed by atoms with E-state index in [-0.39, 0.29) is 22.0 Å². The molecule has 9 nitrogen and oxygen atoms in total. The number of nitrogens with one attached hydrogen (secondary N) is 1. The maximum atomic E-state index is 12.9. The molecule has 0 spiro atoms. The van der Waals surface area contributed by atoms with Gasteiger partial charge in [-0.15, -0.1) is 0 Å². The lowest BCUT2D eigenvalue weighted by Gasteiger charge is -2.15. The van der Waals surface area contributed by atoms with E-state index < -0.39 is 15.9 Å². The van der Waals surface area contributed by atoms with Crippen molar-refractivity contribution in [3.05, 3.63) is 60.4 Å². The van der Waals surface area contributed by atoms with Gasteiger partial charge in [0.25, 0.3) is 5.91 Å². The zero-order valence-electron chi connectivity index (χ0n) is 17.0. The average Bonchev–Trinajstić information content (AvgIpc) is 3.19. The first-order valence-corrected chi connectivity index (χ1v) is 10.3. The van der Waals surface area contributed by atoms with E-state index in [1.54, 1.807) is 6.20 Å². The molecule has 0 atom stereocenters. The first kappa shape index (κ1) is 21.3. The van der Waals surface area contributed by atoms with E-state index in [1.165, 1.54) is 51.2 Å². The van der Waals surface area contributed by atoms with E-state index in [2.05, 4.69) is 10.4 Å². The smallest absolute Gasteiger partial charge is 0.280 e. The molecule has 3 rings (SSSR count). The Kier molecular flexibility index (Phi) is 6.09. The van der Waals surface area contributed by atoms with Gasteiger partial charge in [0.2, 0.25) is 10.0 Å². The Bertz CT molecular complexity index is 1160. The number of para-hydroxylation sites is 1. The molecular formula is C20H22N4O5S. The number of sulfonamides is 1. The van der Waals surface area contributed by atoms with Crippen molar-refractivity contribution >= 4 is 21.6 Å². The van der Waals surface area contributed by atoms with Crippen molar-refractivity contribution in [2.24, 2.45) is 0 Å². The molecule has 1 heterocycles. The largest absolute Gasteiger partial charge is 0.495 e. The summed E-state index contributed by atoms with van der Waals surface area (Å²) in [6, 6.07) is 13.5. The van der Waals surface area contributed by atoms with Gasteiger partial charge in [-0.05, 0) is 30.3 Å². The predicted octanol–water partition coefficient (Wildman–Crippen LogP) is 2.39. The fourth-order valence-electron chi connectivity index (χ4n) is 2.72. The summed E-state index contributed by atoms with van der Waals surface area (Å²) in [5, 5.41) is 6.98. The van der Waals surface area contributed by atoms with Crippen LogP contribution in [0.4, 0.5) is 5.69 Å². The lowest BCUT2D eigenvalue weighted by Crippen LogP contribution is -2.22. The summed E-state index contributed by atoms with van der Waals surface area (Å²) in [7, 11) is 2.04. The minimum atomic E-state index is -3.69. The van der Waals surface area contributed by atoms with Gasteiger partial charge >= 0.3 is 0 Å². The van der Waals surface area contributed by atoms with Crippen LogP contribution in [0.1, 0.15) is 10.5 Å². The number of methoxy groups -OCH3 is 2. The van der Waals surface area contributed by atoms with Gasteiger partial charge in [0, 0.05) is 14.1 Å². The number of benzene rings is 2. The van der Waals surface area contributed by atoms with Crippen molar-refractivity contribution < 1.29 is 22.7 Å². The van der Waals surface area contributed by atoms with Crippen LogP contribution in [-0.4, -0.2) is 56.7 Å². The third-order valence-corrected chi connectivity index (χ3v) is 6.15. The second-order valence-electron chi connectivity index (χ2n) is 6.43. The van der Waals surface area contributed by atoms with Crippen LogP contribution in [0, 0.1) is 0 Å². The molecular weight excluding hydrogens is 408 g/mol. The summed E-state index contributed by atoms with van der Waals surface area (Å²) in [5.41, 5.74) is 0.998. The number of rotatable bonds is 7. The third-order valence-electron chi connectivity index (χ3n) is 4.33. The molecule has 1 amide bonds. The number of ether oxygens (including phenoxy) is 2. The molecule has 3 aromatic rings. The highest BCUT2D eigenvalue weighted by atomic mass is 32.2. The fourth-order valence-corrected chi connectivity index (χ4v) is 3.64. The van der Waals surface area contributed by atoms with Gasteiger partial charge in [0.1, 0.15) is 5.75 Å². The molecule has 30 heavy (non-hydrogen) atoms. The topological polar surface area (TPSA) is 103 Å². The molecule has 0 aliphatic carbocycles. The number of hydrogen-bond acceptors (Lipinski definition) is 6. The molecule has 158 valence electrons. The monoisotopic (exact) mass is 430 g/mol. The van der Waals surface area contributed by atoms with Crippen LogP contribution in [0.15, 0.2) is 59.6 Å². The van der Waals surface area contributed by atoms with Crippen molar-refractivity contribution in [1.82, 2.24) is 14.1 Å². The van der Waals surface area contributed by atoms with Crippen LogP contribution in [0.2, 0.25) is 0 Å². The first-order chi connectivity index (χ1) is 14.3. The minimum Gasteiger partial charge on any atom is -0.495 e. The maximum Gasteiger partial charge on any atom is 0.280 e. The Morgan fingerprint density at radius 1 is 1.03 bits per heavy atom. The zero-order valence-corrected chi connectivity index (χ0v) is 17.8. The highest BCUT2D eigenvalue weighted by molar-refractivity contribution is 7.89. The molecule has 2 aromatic carbocycles. The van der Waals surface area contributed by atoms with Crippen molar-refractivity contribution in [3.63, 3.8) is 0 Å². The zero-order chi connectivity index (χ0) is 21.9. The molecule has 0 saturated heterocycles. The molecule has 0 unspecified atom stereocenters. The number of hydrogen-bond donors (Lipinski definition) is 1. The normalized spacial score (nSPS) is 11.4. The Morgan fingerprint density at radius 3 is 2.30 bits per heavy atom. The SMILES string of the molecule is COc1ccc(S(=O)(=O)N(C)C)cc1NC(=O)c1nn(-c2ccccc2)cc1OC. The lowest BCUT2D eigenvalue weighted by atomic mass is 10.2. The second-order valence-corrected chi connectivity index (χ2v) is 8.58. The van der Waals surface area contributed by atoms with Crippen LogP contribution in [0.5, 0.6) is 11.5 Å². The van der Waals surface area contributed by atoms with Gasteiger partial charge in [0.05, 0.1) is 36.7 Å². The van der Waals surface area contributed by atoms with Gasteiger partial charge in [-0.25, -0.2) is 17.4 Å². The van der Waals surface area contributed by atoms with Crippen LogP contribution < -0.4 is 14.8 Å². The van der Waals surface area contributed by atoms with Crippen LogP contribution in [0.25, 0.3) is 5.69 Å². The van der Waals surface area contributed by atoms with E-state index in [0.29, 0.717) is 5.75 Å². The van der Waals surface area contributed by atoms with E-state index in [1.807, 2.05) is 30.3 Å². The number of nitrogens with zero attached hydrogens (tertiary/aromatic N) is 3. The van der Waals surface area contributed by atoms with Gasteiger partial charge in [-0.3, -0.25) is 4.79 Å². The van der Waals surface area contributed by atoms with E-state index in [4.69, 9.17) is 9.47 Å². The summed E-state index contributed by atoms with van der Waals surface area (Å²) >= 11 is 0. The molecule has 0 radical (unpaired) electrons. The van der Waals surface area contributed by atoms with E-state index in [0.717, 1.165) is 9.99 Å². The Morgan fingerprint density at radius 2 is 1.70 bits per heavy atom. The minimum absolute atomic E-state index is 0.0189. The summed E-state index contributed by atoms with van der Waals surface area (Å²) in [5.74, 6) is 0.00846. The van der Waals surface area contributed by atoms with Crippen molar-refractivity contribution in [1.29, 1.82) is 0 Å². The van der Waals surface area contributed by atoms with Gasteiger partial charge in [0.15, 0.2) is 11.4 Å². The Hall–Kier alpha value is -3.37. The molecule has 0 bridgehead atoms. The predicted molar refractivity (Wildman–Crippen MR) is 112 cm³/mol. The van der Waals surface area contributed by atoms with Gasteiger partial charge < -0.3 is 14.8 Å². The number of aromatic nitrogens is 2. The number of carbonyl (C=O) groups excluding carboxylic acids is 1. The maximum absolute atomic E-state index is 12.9. The van der Waals surface area contributed by atoms with Crippen LogP contribution in [0.3, 0.4) is 0 Å². The third kappa shape index (κ3) is 4.14. The Balaban J connectivity index is 1.97. The lowest BCUT2D eigenvalue weighted by molar-refractivity contribution is 0.101. The van der Waals surface area contributed by atoms with Crippen LogP contribution in [-0.2, 0) is 10.0 Å². The quantitative estimate of drug-likeness (QED) is 0.617. The summed E-state index contributed by atoms with van der Waals surface area (Å²) in [4.78, 5) is 12.9. The van der Waals surface area contributed by atoms with Crippen molar-refractivity contribution in [2.45, 2.75) is 4.90 Å². The first-order valence-electron chi connectivity index (χ1n) is 8.89. The Labute approximate surface area is 174 Å². The summed E-state index contributed by atoms with van der Waals surface area (Å²) < 4.78 is 38.0. The summed E-state index contributed by atoms with van der Waals surface area (Å²) in [6.07, 6.45) is 1.59. The van der Waals surface area contributed by atoms with Crippen molar-refractivity contribution in [2.75, 3.05) is 33.6 Å². The molecule has 0 aliphatic rings. The summed E-state index contributed by atoms with van der Waals surface area (Å²) in [6.45, 7) is 0. The van der Waals surface area contributed by atoms with E-state index in [9.17, 15) is 13.2 Å². The van der Waals surface area contributed by atoms with E-state index >= 15 is 0 Å². The molecule has 0 aliphatic heterocycles. The molecule has 0 saturated carbocycles.